The van der Waals surface area contributed by atoms with E-state index in [4.69, 9.17) is 5.11 Å². The van der Waals surface area contributed by atoms with Gasteiger partial charge >= 0.3 is 0 Å². The van der Waals surface area contributed by atoms with Crippen LogP contribution in [0.3, 0.4) is 0 Å². The van der Waals surface area contributed by atoms with E-state index in [1.54, 1.807) is 0 Å². The maximum atomic E-state index is 9.07. The lowest BCUT2D eigenvalue weighted by Gasteiger charge is -2.45. The Balaban J connectivity index is 1.86. The minimum absolute atomic E-state index is 0.265. The van der Waals surface area contributed by atoms with Crippen molar-refractivity contribution in [2.45, 2.75) is 19.4 Å². The number of hydrogen-bond donors (Lipinski definition) is 2. The molecule has 0 aromatic carbocycles. The van der Waals surface area contributed by atoms with Gasteiger partial charge in [0.1, 0.15) is 0 Å². The lowest BCUT2D eigenvalue weighted by atomic mass is 9.90. The van der Waals surface area contributed by atoms with Crippen LogP contribution >= 0.6 is 0 Å². The third-order valence-corrected chi connectivity index (χ3v) is 4.94. The van der Waals surface area contributed by atoms with Gasteiger partial charge in [-0.25, -0.2) is 0 Å². The summed E-state index contributed by atoms with van der Waals surface area (Å²) >= 11 is 0. The molecule has 2 N–H and O–H groups in total. The van der Waals surface area contributed by atoms with Crippen molar-refractivity contribution in [3.8, 4) is 0 Å². The summed E-state index contributed by atoms with van der Waals surface area (Å²) in [5.74, 6) is 0.737. The van der Waals surface area contributed by atoms with Crippen LogP contribution in [0.5, 0.6) is 0 Å². The molecule has 0 bridgehead atoms. The molecule has 5 heteroatoms. The molecule has 0 amide bonds. The van der Waals surface area contributed by atoms with E-state index < -0.39 is 0 Å². The van der Waals surface area contributed by atoms with E-state index in [0.717, 1.165) is 32.1 Å². The largest absolute Gasteiger partial charge is 0.395 e. The Hall–Kier alpha value is -0.200. The van der Waals surface area contributed by atoms with Crippen LogP contribution in [0.4, 0.5) is 0 Å². The molecule has 2 saturated heterocycles. The molecule has 2 fully saturated rings. The fourth-order valence-corrected chi connectivity index (χ4v) is 3.61. The summed E-state index contributed by atoms with van der Waals surface area (Å²) in [6, 6.07) is 0.670. The summed E-state index contributed by atoms with van der Waals surface area (Å²) in [6.07, 6.45) is 1.26. The molecule has 2 aliphatic rings. The summed E-state index contributed by atoms with van der Waals surface area (Å²) in [5, 5.41) is 12.6. The van der Waals surface area contributed by atoms with Crippen molar-refractivity contribution in [2.75, 3.05) is 72.6 Å². The monoisotopic (exact) mass is 284 g/mol. The van der Waals surface area contributed by atoms with E-state index in [1.165, 1.54) is 39.1 Å². The molecule has 0 saturated carbocycles. The Bertz CT molecular complexity index is 269. The number of hydrogen-bond acceptors (Lipinski definition) is 5. The maximum absolute atomic E-state index is 9.07. The standard InChI is InChI=1S/C15H32N4O/c1-3-18-6-8-19(9-7-18)15-12-16-5-4-14(15)13-17(2)10-11-20/h14-16,20H,3-13H2,1-2H3. The molecule has 0 aliphatic carbocycles. The highest BCUT2D eigenvalue weighted by Gasteiger charge is 2.32. The van der Waals surface area contributed by atoms with Crippen LogP contribution in [0, 0.1) is 5.92 Å². The molecule has 0 radical (unpaired) electrons. The van der Waals surface area contributed by atoms with Gasteiger partial charge in [0.15, 0.2) is 0 Å². The molecule has 0 spiro atoms. The van der Waals surface area contributed by atoms with Gasteiger partial charge in [0.05, 0.1) is 6.61 Å². The van der Waals surface area contributed by atoms with E-state index in [9.17, 15) is 0 Å². The molecule has 20 heavy (non-hydrogen) atoms. The van der Waals surface area contributed by atoms with Crippen molar-refractivity contribution >= 4 is 0 Å². The first-order valence-corrected chi connectivity index (χ1v) is 8.21. The van der Waals surface area contributed by atoms with Crippen molar-refractivity contribution in [1.29, 1.82) is 0 Å². The quantitative estimate of drug-likeness (QED) is 0.690. The smallest absolute Gasteiger partial charge is 0.0558 e. The topological polar surface area (TPSA) is 42.0 Å². The Kier molecular flexibility index (Phi) is 6.71. The summed E-state index contributed by atoms with van der Waals surface area (Å²) < 4.78 is 0. The second-order valence-electron chi connectivity index (χ2n) is 6.28. The first-order valence-electron chi connectivity index (χ1n) is 8.21. The molecule has 0 aromatic rings. The summed E-state index contributed by atoms with van der Waals surface area (Å²) in [6.45, 7) is 12.7. The molecular weight excluding hydrogens is 252 g/mol. The Labute approximate surface area is 123 Å². The van der Waals surface area contributed by atoms with Gasteiger partial charge in [0, 0.05) is 51.9 Å². The molecule has 118 valence electrons. The van der Waals surface area contributed by atoms with Gasteiger partial charge in [-0.3, -0.25) is 4.90 Å². The van der Waals surface area contributed by atoms with Crippen LogP contribution in [-0.4, -0.2) is 98.4 Å². The van der Waals surface area contributed by atoms with Crippen molar-refractivity contribution in [1.82, 2.24) is 20.0 Å². The zero-order chi connectivity index (χ0) is 14.4. The minimum Gasteiger partial charge on any atom is -0.395 e. The third kappa shape index (κ3) is 4.40. The van der Waals surface area contributed by atoms with Gasteiger partial charge in [-0.1, -0.05) is 6.92 Å². The van der Waals surface area contributed by atoms with Crippen LogP contribution in [0.25, 0.3) is 0 Å². The third-order valence-electron chi connectivity index (χ3n) is 4.94. The lowest BCUT2D eigenvalue weighted by molar-refractivity contribution is 0.0461. The highest BCUT2D eigenvalue weighted by molar-refractivity contribution is 4.89. The van der Waals surface area contributed by atoms with Gasteiger partial charge in [-0.15, -0.1) is 0 Å². The molecule has 2 rings (SSSR count). The first-order chi connectivity index (χ1) is 9.74. The zero-order valence-electron chi connectivity index (χ0n) is 13.2. The highest BCUT2D eigenvalue weighted by atomic mass is 16.3. The fraction of sp³-hybridized carbons (Fsp3) is 1.00. The van der Waals surface area contributed by atoms with E-state index in [0.29, 0.717) is 6.04 Å². The SMILES string of the molecule is CCN1CCN(C2CNCCC2CN(C)CCO)CC1. The molecular formula is C15H32N4O. The van der Waals surface area contributed by atoms with Crippen LogP contribution in [-0.2, 0) is 0 Å². The average molecular weight is 284 g/mol. The summed E-state index contributed by atoms with van der Waals surface area (Å²) in [7, 11) is 2.13. The van der Waals surface area contributed by atoms with Crippen molar-refractivity contribution in [3.05, 3.63) is 0 Å². The molecule has 0 aromatic heterocycles. The van der Waals surface area contributed by atoms with Crippen molar-refractivity contribution < 1.29 is 5.11 Å². The van der Waals surface area contributed by atoms with Crippen molar-refractivity contribution in [3.63, 3.8) is 0 Å². The Morgan fingerprint density at radius 1 is 1.25 bits per heavy atom. The summed E-state index contributed by atoms with van der Waals surface area (Å²) in [5.41, 5.74) is 0. The molecule has 2 unspecified atom stereocenters. The number of aliphatic hydroxyl groups is 1. The number of piperidine rings is 1. The number of nitrogens with zero attached hydrogens (tertiary/aromatic N) is 3. The zero-order valence-corrected chi connectivity index (χ0v) is 13.2. The summed E-state index contributed by atoms with van der Waals surface area (Å²) in [4.78, 5) is 7.51. The number of likely N-dealkylation sites (N-methyl/N-ethyl adjacent to an activating group) is 2. The second kappa shape index (κ2) is 8.29. The van der Waals surface area contributed by atoms with E-state index in [1.807, 2.05) is 0 Å². The number of piperazine rings is 1. The van der Waals surface area contributed by atoms with Crippen LogP contribution in [0.15, 0.2) is 0 Å². The number of nitrogens with one attached hydrogen (secondary N) is 1. The van der Waals surface area contributed by atoms with Crippen molar-refractivity contribution in [2.24, 2.45) is 5.92 Å². The Morgan fingerprint density at radius 2 is 2.00 bits per heavy atom. The predicted octanol–water partition coefficient (Wildman–Crippen LogP) is -0.474. The Morgan fingerprint density at radius 3 is 2.65 bits per heavy atom. The molecule has 2 heterocycles. The van der Waals surface area contributed by atoms with Crippen LogP contribution in [0.2, 0.25) is 0 Å². The van der Waals surface area contributed by atoms with Gasteiger partial charge < -0.3 is 20.2 Å². The molecule has 5 nitrogen and oxygen atoms in total. The van der Waals surface area contributed by atoms with Crippen LogP contribution < -0.4 is 5.32 Å². The minimum atomic E-state index is 0.265. The average Bonchev–Trinajstić information content (AvgIpc) is 2.48. The molecule has 2 aliphatic heterocycles. The number of rotatable bonds is 6. The second-order valence-corrected chi connectivity index (χ2v) is 6.28. The normalized spacial score (nSPS) is 30.0. The first kappa shape index (κ1) is 16.2. The van der Waals surface area contributed by atoms with Crippen LogP contribution in [0.1, 0.15) is 13.3 Å². The maximum Gasteiger partial charge on any atom is 0.0558 e. The van der Waals surface area contributed by atoms with E-state index >= 15 is 0 Å². The predicted molar refractivity (Wildman–Crippen MR) is 83.0 cm³/mol. The molecule has 2 atom stereocenters. The van der Waals surface area contributed by atoms with Gasteiger partial charge in [0.2, 0.25) is 0 Å². The van der Waals surface area contributed by atoms with Gasteiger partial charge in [-0.2, -0.15) is 0 Å². The highest BCUT2D eigenvalue weighted by Crippen LogP contribution is 2.20. The van der Waals surface area contributed by atoms with Gasteiger partial charge in [0.25, 0.3) is 0 Å². The fourth-order valence-electron chi connectivity index (χ4n) is 3.61. The van der Waals surface area contributed by atoms with E-state index in [2.05, 4.69) is 34.0 Å². The number of aliphatic hydroxyl groups excluding tert-OH is 1. The van der Waals surface area contributed by atoms with Gasteiger partial charge in [-0.05, 0) is 32.5 Å². The lowest BCUT2D eigenvalue weighted by Crippen LogP contribution is -2.58. The van der Waals surface area contributed by atoms with E-state index in [-0.39, 0.29) is 6.61 Å².